The lowest BCUT2D eigenvalue weighted by Crippen LogP contribution is -2.41. The number of nitrogens with zero attached hydrogens (tertiary/aromatic N) is 2. The van der Waals surface area contributed by atoms with E-state index in [0.29, 0.717) is 12.0 Å². The normalized spacial score (nSPS) is 19.8. The number of carbonyl (C=O) groups is 1. The van der Waals surface area contributed by atoms with Gasteiger partial charge in [0.2, 0.25) is 5.91 Å². The maximum absolute atomic E-state index is 11.1. The van der Waals surface area contributed by atoms with Crippen molar-refractivity contribution in [3.8, 4) is 6.07 Å². The van der Waals surface area contributed by atoms with Crippen LogP contribution >= 0.6 is 0 Å². The lowest BCUT2D eigenvalue weighted by Gasteiger charge is -2.35. The smallest absolute Gasteiger partial charge is 0.218 e. The fraction of sp³-hybridized carbons (Fsp3) is 0.467. The average molecular weight is 257 g/mol. The molecule has 100 valence electrons. The molecular formula is C15H19N3O. The van der Waals surface area contributed by atoms with Crippen molar-refractivity contribution in [2.45, 2.75) is 38.3 Å². The third-order valence-electron chi connectivity index (χ3n) is 3.63. The van der Waals surface area contributed by atoms with Crippen LogP contribution in [0.15, 0.2) is 24.3 Å². The van der Waals surface area contributed by atoms with Crippen molar-refractivity contribution in [1.29, 1.82) is 5.26 Å². The number of benzene rings is 1. The number of nitrogens with two attached hydrogens (primary N) is 1. The van der Waals surface area contributed by atoms with Gasteiger partial charge in [-0.05, 0) is 37.1 Å². The van der Waals surface area contributed by atoms with E-state index in [1.54, 1.807) is 6.07 Å². The van der Waals surface area contributed by atoms with E-state index in [9.17, 15) is 4.79 Å². The number of carbonyl (C=O) groups excluding carboxylic acids is 1. The van der Waals surface area contributed by atoms with Gasteiger partial charge in [0.15, 0.2) is 0 Å². The van der Waals surface area contributed by atoms with Gasteiger partial charge in [-0.15, -0.1) is 0 Å². The number of amides is 1. The maximum Gasteiger partial charge on any atom is 0.218 e. The van der Waals surface area contributed by atoms with Gasteiger partial charge in [0.1, 0.15) is 0 Å². The number of nitriles is 1. The minimum atomic E-state index is -0.234. The van der Waals surface area contributed by atoms with Crippen molar-refractivity contribution in [2.75, 3.05) is 6.54 Å². The van der Waals surface area contributed by atoms with Crippen LogP contribution in [0.1, 0.15) is 36.8 Å². The van der Waals surface area contributed by atoms with Gasteiger partial charge in [0, 0.05) is 19.0 Å². The molecule has 1 aromatic carbocycles. The molecular weight excluding hydrogens is 238 g/mol. The molecule has 1 saturated heterocycles. The van der Waals surface area contributed by atoms with Crippen LogP contribution < -0.4 is 5.73 Å². The minimum Gasteiger partial charge on any atom is -0.370 e. The second kappa shape index (κ2) is 6.35. The highest BCUT2D eigenvalue weighted by Gasteiger charge is 2.23. The molecule has 1 aliphatic rings. The van der Waals surface area contributed by atoms with Crippen molar-refractivity contribution < 1.29 is 4.79 Å². The first kappa shape index (κ1) is 13.6. The summed E-state index contributed by atoms with van der Waals surface area (Å²) in [6.07, 6.45) is 3.78. The highest BCUT2D eigenvalue weighted by Crippen LogP contribution is 2.22. The molecule has 0 bridgehead atoms. The summed E-state index contributed by atoms with van der Waals surface area (Å²) in [5.74, 6) is -0.234. The van der Waals surface area contributed by atoms with Crippen LogP contribution in [-0.4, -0.2) is 23.4 Å². The zero-order chi connectivity index (χ0) is 13.7. The van der Waals surface area contributed by atoms with Gasteiger partial charge in [0.25, 0.3) is 0 Å². The second-order valence-corrected chi connectivity index (χ2v) is 5.10. The Kier molecular flexibility index (Phi) is 4.53. The van der Waals surface area contributed by atoms with Gasteiger partial charge < -0.3 is 5.73 Å². The van der Waals surface area contributed by atoms with Crippen LogP contribution in [-0.2, 0) is 11.3 Å². The second-order valence-electron chi connectivity index (χ2n) is 5.10. The third kappa shape index (κ3) is 3.80. The Morgan fingerprint density at radius 2 is 2.32 bits per heavy atom. The van der Waals surface area contributed by atoms with Crippen LogP contribution in [0.2, 0.25) is 0 Å². The summed E-state index contributed by atoms with van der Waals surface area (Å²) in [5, 5.41) is 8.91. The summed E-state index contributed by atoms with van der Waals surface area (Å²) >= 11 is 0. The molecule has 4 nitrogen and oxygen atoms in total. The molecule has 19 heavy (non-hydrogen) atoms. The molecule has 2 rings (SSSR count). The molecule has 0 radical (unpaired) electrons. The first-order chi connectivity index (χ1) is 9.19. The predicted octanol–water partition coefficient (Wildman–Crippen LogP) is 1.79. The summed E-state index contributed by atoms with van der Waals surface area (Å²) in [7, 11) is 0. The SMILES string of the molecule is N#Cc1cccc(CN2CCCCC2CC(N)=O)c1. The molecule has 1 unspecified atom stereocenters. The first-order valence-electron chi connectivity index (χ1n) is 6.70. The topological polar surface area (TPSA) is 70.1 Å². The lowest BCUT2D eigenvalue weighted by molar-refractivity contribution is -0.119. The summed E-state index contributed by atoms with van der Waals surface area (Å²) in [6.45, 7) is 1.78. The van der Waals surface area contributed by atoms with Crippen molar-refractivity contribution in [3.05, 3.63) is 35.4 Å². The van der Waals surface area contributed by atoms with E-state index in [2.05, 4.69) is 11.0 Å². The van der Waals surface area contributed by atoms with Crippen molar-refractivity contribution in [1.82, 2.24) is 4.90 Å². The van der Waals surface area contributed by atoms with E-state index >= 15 is 0 Å². The molecule has 1 fully saturated rings. The van der Waals surface area contributed by atoms with Crippen molar-refractivity contribution in [3.63, 3.8) is 0 Å². The molecule has 1 aliphatic heterocycles. The molecule has 4 heteroatoms. The predicted molar refractivity (Wildman–Crippen MR) is 73.0 cm³/mol. The fourth-order valence-corrected chi connectivity index (χ4v) is 2.71. The number of hydrogen-bond donors (Lipinski definition) is 1. The molecule has 1 amide bonds. The van der Waals surface area contributed by atoms with E-state index in [-0.39, 0.29) is 11.9 Å². The molecule has 2 N–H and O–H groups in total. The van der Waals surface area contributed by atoms with Gasteiger partial charge >= 0.3 is 0 Å². The maximum atomic E-state index is 11.1. The first-order valence-corrected chi connectivity index (χ1v) is 6.70. The van der Waals surface area contributed by atoms with Crippen LogP contribution in [0.5, 0.6) is 0 Å². The Morgan fingerprint density at radius 1 is 1.47 bits per heavy atom. The van der Waals surface area contributed by atoms with Crippen LogP contribution in [0.4, 0.5) is 0 Å². The van der Waals surface area contributed by atoms with Gasteiger partial charge in [-0.2, -0.15) is 5.26 Å². The lowest BCUT2D eigenvalue weighted by atomic mass is 9.98. The van der Waals surface area contributed by atoms with Crippen LogP contribution in [0.3, 0.4) is 0 Å². The fourth-order valence-electron chi connectivity index (χ4n) is 2.71. The molecule has 0 saturated carbocycles. The summed E-state index contributed by atoms with van der Waals surface area (Å²) in [5.41, 5.74) is 7.12. The van der Waals surface area contributed by atoms with Gasteiger partial charge in [-0.25, -0.2) is 0 Å². The Bertz CT molecular complexity index is 492. The molecule has 1 aromatic rings. The standard InChI is InChI=1S/C15H19N3O/c16-10-12-4-3-5-13(8-12)11-18-7-2-1-6-14(18)9-15(17)19/h3-5,8,14H,1-2,6-7,9,11H2,(H2,17,19). The Labute approximate surface area is 113 Å². The zero-order valence-electron chi connectivity index (χ0n) is 11.0. The van der Waals surface area contributed by atoms with Crippen molar-refractivity contribution in [2.24, 2.45) is 5.73 Å². The summed E-state index contributed by atoms with van der Waals surface area (Å²) < 4.78 is 0. The van der Waals surface area contributed by atoms with Gasteiger partial charge in [-0.1, -0.05) is 18.6 Å². The quantitative estimate of drug-likeness (QED) is 0.894. The molecule has 1 atom stereocenters. The number of rotatable bonds is 4. The highest BCUT2D eigenvalue weighted by molar-refractivity contribution is 5.74. The Morgan fingerprint density at radius 3 is 3.05 bits per heavy atom. The van der Waals surface area contributed by atoms with E-state index in [1.807, 2.05) is 18.2 Å². The summed E-state index contributed by atoms with van der Waals surface area (Å²) in [6, 6.07) is 10.0. The highest BCUT2D eigenvalue weighted by atomic mass is 16.1. The number of piperidine rings is 1. The van der Waals surface area contributed by atoms with Crippen LogP contribution in [0.25, 0.3) is 0 Å². The zero-order valence-corrected chi connectivity index (χ0v) is 11.0. The minimum absolute atomic E-state index is 0.234. The average Bonchev–Trinajstić information content (AvgIpc) is 2.41. The van der Waals surface area contributed by atoms with E-state index in [4.69, 9.17) is 11.0 Å². The van der Waals surface area contributed by atoms with Crippen molar-refractivity contribution >= 4 is 5.91 Å². The third-order valence-corrected chi connectivity index (χ3v) is 3.63. The molecule has 0 spiro atoms. The van der Waals surface area contributed by atoms with Gasteiger partial charge in [0.05, 0.1) is 11.6 Å². The largest absolute Gasteiger partial charge is 0.370 e. The number of likely N-dealkylation sites (tertiary alicyclic amines) is 1. The van der Waals surface area contributed by atoms with E-state index < -0.39 is 0 Å². The number of primary amides is 1. The number of hydrogen-bond acceptors (Lipinski definition) is 3. The van der Waals surface area contributed by atoms with Gasteiger partial charge in [-0.3, -0.25) is 9.69 Å². The Hall–Kier alpha value is -1.86. The van der Waals surface area contributed by atoms with Crippen LogP contribution in [0, 0.1) is 11.3 Å². The monoisotopic (exact) mass is 257 g/mol. The van der Waals surface area contributed by atoms with E-state index in [1.165, 1.54) is 0 Å². The molecule has 1 heterocycles. The van der Waals surface area contributed by atoms with E-state index in [0.717, 1.165) is 37.9 Å². The molecule has 0 aliphatic carbocycles. The summed E-state index contributed by atoms with van der Waals surface area (Å²) in [4.78, 5) is 13.4. The Balaban J connectivity index is 2.06. The molecule has 0 aromatic heterocycles.